The summed E-state index contributed by atoms with van der Waals surface area (Å²) < 4.78 is 1.88. The summed E-state index contributed by atoms with van der Waals surface area (Å²) in [6.45, 7) is 0. The highest BCUT2D eigenvalue weighted by molar-refractivity contribution is 14.1. The molecular formula is C8H5IN2O2S. The third-order valence-corrected chi connectivity index (χ3v) is 4.12. The number of nitro benzene ring substituents is 1. The summed E-state index contributed by atoms with van der Waals surface area (Å²) in [5.74, 6) is 0. The highest BCUT2D eigenvalue weighted by Gasteiger charge is 2.12. The number of non-ortho nitro benzene ring substituents is 1. The Hall–Kier alpha value is -0.890. The molecule has 0 radical (unpaired) electrons. The van der Waals surface area contributed by atoms with E-state index in [4.69, 9.17) is 5.73 Å². The Labute approximate surface area is 97.0 Å². The van der Waals surface area contributed by atoms with Gasteiger partial charge in [0.2, 0.25) is 0 Å². The van der Waals surface area contributed by atoms with E-state index in [1.165, 1.54) is 17.4 Å². The standard InChI is InChI=1S/C8H5IN2O2S/c9-6-2-4(11(12)13)1-5-7(10)3-14-8(5)6/h1-3H,10H2. The fourth-order valence-electron chi connectivity index (χ4n) is 1.20. The molecular weight excluding hydrogens is 315 g/mol. The van der Waals surface area contributed by atoms with Crippen molar-refractivity contribution in [3.63, 3.8) is 0 Å². The van der Waals surface area contributed by atoms with Crippen LogP contribution in [0.15, 0.2) is 17.5 Å². The molecule has 72 valence electrons. The van der Waals surface area contributed by atoms with Gasteiger partial charge < -0.3 is 5.73 Å². The zero-order chi connectivity index (χ0) is 10.3. The van der Waals surface area contributed by atoms with Gasteiger partial charge in [0.05, 0.1) is 15.3 Å². The Morgan fingerprint density at radius 2 is 2.21 bits per heavy atom. The third-order valence-electron chi connectivity index (χ3n) is 1.85. The van der Waals surface area contributed by atoms with Crippen molar-refractivity contribution in [3.8, 4) is 0 Å². The molecule has 14 heavy (non-hydrogen) atoms. The number of nitrogens with two attached hydrogens (primary N) is 1. The van der Waals surface area contributed by atoms with Crippen LogP contribution in [0.1, 0.15) is 0 Å². The molecule has 1 aromatic heterocycles. The van der Waals surface area contributed by atoms with E-state index in [1.54, 1.807) is 11.4 Å². The molecule has 0 atom stereocenters. The fourth-order valence-corrected chi connectivity index (χ4v) is 3.04. The number of nitro groups is 1. The van der Waals surface area contributed by atoms with Crippen molar-refractivity contribution in [3.05, 3.63) is 31.2 Å². The van der Waals surface area contributed by atoms with Crippen LogP contribution in [-0.2, 0) is 0 Å². The summed E-state index contributed by atoms with van der Waals surface area (Å²) >= 11 is 3.59. The summed E-state index contributed by atoms with van der Waals surface area (Å²) in [7, 11) is 0. The molecule has 2 N–H and O–H groups in total. The van der Waals surface area contributed by atoms with Gasteiger partial charge in [0.25, 0.3) is 5.69 Å². The van der Waals surface area contributed by atoms with Crippen LogP contribution >= 0.6 is 33.9 Å². The van der Waals surface area contributed by atoms with Gasteiger partial charge in [0, 0.05) is 26.5 Å². The second-order valence-electron chi connectivity index (χ2n) is 2.75. The van der Waals surface area contributed by atoms with Gasteiger partial charge in [-0.25, -0.2) is 0 Å². The molecule has 0 unspecified atom stereocenters. The minimum atomic E-state index is -0.404. The molecule has 1 aromatic carbocycles. The van der Waals surface area contributed by atoms with E-state index in [-0.39, 0.29) is 5.69 Å². The van der Waals surface area contributed by atoms with Crippen LogP contribution in [-0.4, -0.2) is 4.92 Å². The Bertz CT molecular complexity index is 523. The first-order valence-electron chi connectivity index (χ1n) is 3.70. The Morgan fingerprint density at radius 3 is 2.86 bits per heavy atom. The predicted molar refractivity (Wildman–Crippen MR) is 65.6 cm³/mol. The van der Waals surface area contributed by atoms with Crippen molar-refractivity contribution >= 4 is 55.4 Å². The monoisotopic (exact) mass is 320 g/mol. The highest BCUT2D eigenvalue weighted by atomic mass is 127. The number of rotatable bonds is 1. The van der Waals surface area contributed by atoms with E-state index in [2.05, 4.69) is 22.6 Å². The van der Waals surface area contributed by atoms with E-state index in [0.29, 0.717) is 5.69 Å². The predicted octanol–water partition coefficient (Wildman–Crippen LogP) is 3.00. The van der Waals surface area contributed by atoms with Gasteiger partial charge in [0.1, 0.15) is 0 Å². The molecule has 1 heterocycles. The molecule has 2 aromatic rings. The second kappa shape index (κ2) is 3.35. The van der Waals surface area contributed by atoms with Gasteiger partial charge in [-0.2, -0.15) is 0 Å². The first kappa shape index (κ1) is 9.66. The van der Waals surface area contributed by atoms with Crippen molar-refractivity contribution in [2.75, 3.05) is 5.73 Å². The maximum atomic E-state index is 10.6. The molecule has 0 aliphatic carbocycles. The normalized spacial score (nSPS) is 10.6. The molecule has 0 saturated heterocycles. The lowest BCUT2D eigenvalue weighted by Crippen LogP contribution is -1.89. The number of nitrogen functional groups attached to an aromatic ring is 1. The Balaban J connectivity index is 2.82. The molecule has 0 spiro atoms. The lowest BCUT2D eigenvalue weighted by atomic mass is 10.2. The zero-order valence-electron chi connectivity index (χ0n) is 6.86. The van der Waals surface area contributed by atoms with Crippen molar-refractivity contribution in [1.82, 2.24) is 0 Å². The first-order chi connectivity index (χ1) is 6.59. The number of fused-ring (bicyclic) bond motifs is 1. The van der Waals surface area contributed by atoms with Crippen LogP contribution in [0.25, 0.3) is 10.1 Å². The van der Waals surface area contributed by atoms with E-state index >= 15 is 0 Å². The molecule has 6 heteroatoms. The Morgan fingerprint density at radius 1 is 1.50 bits per heavy atom. The summed E-state index contributed by atoms with van der Waals surface area (Å²) in [4.78, 5) is 10.2. The minimum absolute atomic E-state index is 0.0898. The third kappa shape index (κ3) is 1.44. The molecule has 0 bridgehead atoms. The summed E-state index contributed by atoms with van der Waals surface area (Å²) in [5, 5.41) is 13.2. The van der Waals surface area contributed by atoms with E-state index in [9.17, 15) is 10.1 Å². The SMILES string of the molecule is Nc1csc2c(I)cc([N+](=O)[O-])cc12. The molecule has 0 fully saturated rings. The van der Waals surface area contributed by atoms with Gasteiger partial charge in [-0.3, -0.25) is 10.1 Å². The van der Waals surface area contributed by atoms with Crippen molar-refractivity contribution in [1.29, 1.82) is 0 Å². The maximum absolute atomic E-state index is 10.6. The Kier molecular flexibility index (Phi) is 2.31. The summed E-state index contributed by atoms with van der Waals surface area (Å²) in [6.07, 6.45) is 0. The summed E-state index contributed by atoms with van der Waals surface area (Å²) in [6, 6.07) is 3.07. The van der Waals surface area contributed by atoms with E-state index < -0.39 is 4.92 Å². The van der Waals surface area contributed by atoms with Gasteiger partial charge >= 0.3 is 0 Å². The zero-order valence-corrected chi connectivity index (χ0v) is 9.83. The number of nitrogens with zero attached hydrogens (tertiary/aromatic N) is 1. The molecule has 4 nitrogen and oxygen atoms in total. The number of benzene rings is 1. The topological polar surface area (TPSA) is 69.2 Å². The molecule has 0 saturated carbocycles. The van der Waals surface area contributed by atoms with Crippen LogP contribution in [0.4, 0.5) is 11.4 Å². The van der Waals surface area contributed by atoms with E-state index in [0.717, 1.165) is 13.7 Å². The second-order valence-corrected chi connectivity index (χ2v) is 4.79. The van der Waals surface area contributed by atoms with Crippen molar-refractivity contribution in [2.45, 2.75) is 0 Å². The van der Waals surface area contributed by atoms with Crippen LogP contribution in [0.3, 0.4) is 0 Å². The van der Waals surface area contributed by atoms with E-state index in [1.807, 2.05) is 0 Å². The smallest absolute Gasteiger partial charge is 0.271 e. The molecule has 0 aliphatic heterocycles. The van der Waals surface area contributed by atoms with Crippen LogP contribution < -0.4 is 5.73 Å². The average molecular weight is 320 g/mol. The van der Waals surface area contributed by atoms with Gasteiger partial charge in [-0.1, -0.05) is 0 Å². The first-order valence-corrected chi connectivity index (χ1v) is 5.66. The maximum Gasteiger partial charge on any atom is 0.271 e. The lowest BCUT2D eigenvalue weighted by Gasteiger charge is -1.96. The number of thiophene rings is 1. The number of halogens is 1. The largest absolute Gasteiger partial charge is 0.398 e. The fraction of sp³-hybridized carbons (Fsp3) is 0. The summed E-state index contributed by atoms with van der Waals surface area (Å²) in [5.41, 5.74) is 6.39. The number of hydrogen-bond acceptors (Lipinski definition) is 4. The highest BCUT2D eigenvalue weighted by Crippen LogP contribution is 2.34. The van der Waals surface area contributed by atoms with Crippen molar-refractivity contribution in [2.24, 2.45) is 0 Å². The molecule has 0 aliphatic rings. The van der Waals surface area contributed by atoms with Gasteiger partial charge in [-0.05, 0) is 22.6 Å². The lowest BCUT2D eigenvalue weighted by molar-refractivity contribution is -0.384. The van der Waals surface area contributed by atoms with Crippen LogP contribution in [0.2, 0.25) is 0 Å². The minimum Gasteiger partial charge on any atom is -0.398 e. The van der Waals surface area contributed by atoms with Gasteiger partial charge in [0.15, 0.2) is 0 Å². The average Bonchev–Trinajstić information content (AvgIpc) is 2.48. The number of anilines is 1. The molecule has 2 rings (SSSR count). The quantitative estimate of drug-likeness (QED) is 0.499. The van der Waals surface area contributed by atoms with Crippen molar-refractivity contribution < 1.29 is 4.92 Å². The number of hydrogen-bond donors (Lipinski definition) is 1. The molecule has 0 amide bonds. The van der Waals surface area contributed by atoms with Crippen LogP contribution in [0, 0.1) is 13.7 Å². The van der Waals surface area contributed by atoms with Crippen LogP contribution in [0.5, 0.6) is 0 Å². The van der Waals surface area contributed by atoms with Gasteiger partial charge in [-0.15, -0.1) is 11.3 Å².